The number of rotatable bonds is 2. The van der Waals surface area contributed by atoms with Gasteiger partial charge in [-0.15, -0.1) is 0 Å². The van der Waals surface area contributed by atoms with Gasteiger partial charge < -0.3 is 0 Å². The number of benzene rings is 1. The normalized spacial score (nSPS) is 9.75. The zero-order chi connectivity index (χ0) is 11.4. The molecular weight excluding hydrogens is 220 g/mol. The molecule has 0 saturated heterocycles. The van der Waals surface area contributed by atoms with E-state index in [9.17, 15) is 0 Å². The van der Waals surface area contributed by atoms with Crippen LogP contribution in [0.5, 0.6) is 0 Å². The number of nitriles is 1. The van der Waals surface area contributed by atoms with Gasteiger partial charge in [-0.2, -0.15) is 5.26 Å². The third-order valence-corrected chi connectivity index (χ3v) is 2.53. The quantitative estimate of drug-likeness (QED) is 0.789. The van der Waals surface area contributed by atoms with Gasteiger partial charge in [-0.25, -0.2) is 0 Å². The number of hydrogen-bond donors (Lipinski definition) is 0. The van der Waals surface area contributed by atoms with E-state index in [0.717, 1.165) is 16.8 Å². The Morgan fingerprint density at radius 1 is 1.19 bits per heavy atom. The van der Waals surface area contributed by atoms with Crippen molar-refractivity contribution in [2.75, 3.05) is 0 Å². The van der Waals surface area contributed by atoms with Crippen LogP contribution >= 0.6 is 11.6 Å². The molecule has 0 aliphatic carbocycles. The predicted molar refractivity (Wildman–Crippen MR) is 64.0 cm³/mol. The van der Waals surface area contributed by atoms with E-state index < -0.39 is 0 Å². The van der Waals surface area contributed by atoms with Crippen molar-refractivity contribution in [2.24, 2.45) is 0 Å². The fourth-order valence-corrected chi connectivity index (χ4v) is 1.66. The van der Waals surface area contributed by atoms with Gasteiger partial charge in [-0.1, -0.05) is 29.8 Å². The van der Waals surface area contributed by atoms with E-state index in [1.165, 1.54) is 0 Å². The molecule has 3 heteroatoms. The third kappa shape index (κ3) is 2.21. The van der Waals surface area contributed by atoms with Gasteiger partial charge in [-0.3, -0.25) is 4.98 Å². The van der Waals surface area contributed by atoms with Gasteiger partial charge in [0.05, 0.1) is 18.2 Å². The zero-order valence-corrected chi connectivity index (χ0v) is 9.28. The van der Waals surface area contributed by atoms with Crippen molar-refractivity contribution in [3.63, 3.8) is 0 Å². The molecule has 78 valence electrons. The lowest BCUT2D eigenvalue weighted by molar-refractivity contribution is 1.20. The van der Waals surface area contributed by atoms with E-state index in [1.807, 2.05) is 36.4 Å². The van der Waals surface area contributed by atoms with Crippen LogP contribution in [-0.2, 0) is 6.42 Å². The zero-order valence-electron chi connectivity index (χ0n) is 8.52. The maximum Gasteiger partial charge on any atom is 0.0744 e. The van der Waals surface area contributed by atoms with Crippen LogP contribution < -0.4 is 0 Å². The third-order valence-electron chi connectivity index (χ3n) is 2.28. The molecule has 0 saturated carbocycles. The summed E-state index contributed by atoms with van der Waals surface area (Å²) in [5.74, 6) is 0. The molecule has 0 aliphatic heterocycles. The number of pyridine rings is 1. The summed E-state index contributed by atoms with van der Waals surface area (Å²) in [5.41, 5.74) is 2.77. The standard InChI is InChI=1S/C13H9ClN2/c14-12-5-3-11(4-6-12)13-10(7-8-15)2-1-9-16-13/h1-6,9H,7H2. The van der Waals surface area contributed by atoms with Crippen LogP contribution in [0.25, 0.3) is 11.3 Å². The largest absolute Gasteiger partial charge is 0.256 e. The van der Waals surface area contributed by atoms with Crippen molar-refractivity contribution < 1.29 is 0 Å². The van der Waals surface area contributed by atoms with Crippen LogP contribution in [-0.4, -0.2) is 4.98 Å². The van der Waals surface area contributed by atoms with Gasteiger partial charge in [0.2, 0.25) is 0 Å². The Bertz CT molecular complexity index is 526. The molecule has 0 fully saturated rings. The van der Waals surface area contributed by atoms with E-state index in [0.29, 0.717) is 11.4 Å². The van der Waals surface area contributed by atoms with Gasteiger partial charge >= 0.3 is 0 Å². The predicted octanol–water partition coefficient (Wildman–Crippen LogP) is 3.47. The van der Waals surface area contributed by atoms with Gasteiger partial charge in [0.25, 0.3) is 0 Å². The molecule has 2 nitrogen and oxygen atoms in total. The van der Waals surface area contributed by atoms with Crippen LogP contribution in [0.1, 0.15) is 5.56 Å². The molecule has 0 N–H and O–H groups in total. The molecule has 0 unspecified atom stereocenters. The highest BCUT2D eigenvalue weighted by molar-refractivity contribution is 6.30. The Kier molecular flexibility index (Phi) is 3.19. The molecule has 1 aromatic heterocycles. The van der Waals surface area contributed by atoms with Crippen molar-refractivity contribution in [3.05, 3.63) is 53.2 Å². The van der Waals surface area contributed by atoms with Gasteiger partial charge in [-0.05, 0) is 23.8 Å². The first-order valence-electron chi connectivity index (χ1n) is 4.88. The first-order valence-corrected chi connectivity index (χ1v) is 5.26. The molecule has 0 aliphatic rings. The fourth-order valence-electron chi connectivity index (χ4n) is 1.53. The Morgan fingerprint density at radius 3 is 2.62 bits per heavy atom. The average molecular weight is 229 g/mol. The molecule has 0 bridgehead atoms. The molecule has 16 heavy (non-hydrogen) atoms. The minimum atomic E-state index is 0.367. The summed E-state index contributed by atoms with van der Waals surface area (Å²) in [4.78, 5) is 4.30. The molecule has 0 amide bonds. The summed E-state index contributed by atoms with van der Waals surface area (Å²) in [7, 11) is 0. The van der Waals surface area contributed by atoms with E-state index in [-0.39, 0.29) is 0 Å². The Morgan fingerprint density at radius 2 is 1.94 bits per heavy atom. The summed E-state index contributed by atoms with van der Waals surface area (Å²) in [6, 6.07) is 13.4. The van der Waals surface area contributed by atoms with Crippen molar-refractivity contribution in [1.82, 2.24) is 4.98 Å². The van der Waals surface area contributed by atoms with Crippen LogP contribution in [0.4, 0.5) is 0 Å². The lowest BCUT2D eigenvalue weighted by atomic mass is 10.0. The summed E-state index contributed by atoms with van der Waals surface area (Å²) in [6.45, 7) is 0. The number of nitrogens with zero attached hydrogens (tertiary/aromatic N) is 2. The van der Waals surface area contributed by atoms with Crippen LogP contribution in [0.15, 0.2) is 42.6 Å². The molecule has 0 radical (unpaired) electrons. The Balaban J connectivity index is 2.47. The highest BCUT2D eigenvalue weighted by Crippen LogP contribution is 2.23. The van der Waals surface area contributed by atoms with Crippen molar-refractivity contribution >= 4 is 11.6 Å². The monoisotopic (exact) mass is 228 g/mol. The summed E-state index contributed by atoms with van der Waals surface area (Å²) in [5, 5.41) is 9.43. The summed E-state index contributed by atoms with van der Waals surface area (Å²) in [6.07, 6.45) is 2.09. The first kappa shape index (κ1) is 10.7. The van der Waals surface area contributed by atoms with Crippen LogP contribution in [0.3, 0.4) is 0 Å². The molecule has 2 aromatic rings. The number of aromatic nitrogens is 1. The average Bonchev–Trinajstić information content (AvgIpc) is 2.32. The molecular formula is C13H9ClN2. The molecule has 0 spiro atoms. The smallest absolute Gasteiger partial charge is 0.0744 e. The van der Waals surface area contributed by atoms with Crippen LogP contribution in [0, 0.1) is 11.3 Å². The second-order valence-electron chi connectivity index (χ2n) is 3.35. The molecule has 1 heterocycles. The Hall–Kier alpha value is -1.85. The summed E-state index contributed by atoms with van der Waals surface area (Å²) < 4.78 is 0. The van der Waals surface area contributed by atoms with Gasteiger partial charge in [0.15, 0.2) is 0 Å². The van der Waals surface area contributed by atoms with Gasteiger partial charge in [0, 0.05) is 16.8 Å². The molecule has 1 aromatic carbocycles. The van der Waals surface area contributed by atoms with Crippen molar-refractivity contribution in [1.29, 1.82) is 5.26 Å². The molecule has 2 rings (SSSR count). The minimum Gasteiger partial charge on any atom is -0.256 e. The maximum atomic E-state index is 8.74. The molecule has 0 atom stereocenters. The minimum absolute atomic E-state index is 0.367. The van der Waals surface area contributed by atoms with E-state index >= 15 is 0 Å². The second kappa shape index (κ2) is 4.78. The lowest BCUT2D eigenvalue weighted by Gasteiger charge is -2.05. The second-order valence-corrected chi connectivity index (χ2v) is 3.79. The maximum absolute atomic E-state index is 8.74. The van der Waals surface area contributed by atoms with Crippen molar-refractivity contribution in [2.45, 2.75) is 6.42 Å². The highest BCUT2D eigenvalue weighted by atomic mass is 35.5. The first-order chi connectivity index (χ1) is 7.81. The SMILES string of the molecule is N#CCc1cccnc1-c1ccc(Cl)cc1. The van der Waals surface area contributed by atoms with Crippen LogP contribution in [0.2, 0.25) is 5.02 Å². The van der Waals surface area contributed by atoms with E-state index in [1.54, 1.807) is 6.20 Å². The summed E-state index contributed by atoms with van der Waals surface area (Å²) >= 11 is 5.83. The van der Waals surface area contributed by atoms with Gasteiger partial charge in [0.1, 0.15) is 0 Å². The number of halogens is 1. The van der Waals surface area contributed by atoms with E-state index in [2.05, 4.69) is 11.1 Å². The highest BCUT2D eigenvalue weighted by Gasteiger charge is 2.05. The number of hydrogen-bond acceptors (Lipinski definition) is 2. The van der Waals surface area contributed by atoms with E-state index in [4.69, 9.17) is 16.9 Å². The van der Waals surface area contributed by atoms with Crippen molar-refractivity contribution in [3.8, 4) is 17.3 Å². The fraction of sp³-hybridized carbons (Fsp3) is 0.0769. The Labute approximate surface area is 99.1 Å². The topological polar surface area (TPSA) is 36.7 Å². The lowest BCUT2D eigenvalue weighted by Crippen LogP contribution is -1.91.